The van der Waals surface area contributed by atoms with Gasteiger partial charge in [-0.2, -0.15) is 0 Å². The van der Waals surface area contributed by atoms with Crippen molar-refractivity contribution in [2.75, 3.05) is 11.9 Å². The summed E-state index contributed by atoms with van der Waals surface area (Å²) in [5.41, 5.74) is 5.89. The average molecular weight is 265 g/mol. The van der Waals surface area contributed by atoms with Crippen LogP contribution in [0.4, 0.5) is 5.69 Å². The zero-order chi connectivity index (χ0) is 14.3. The number of amides is 2. The van der Waals surface area contributed by atoms with Gasteiger partial charge < -0.3 is 10.4 Å². The second-order valence-electron chi connectivity index (χ2n) is 3.78. The number of aliphatic carboxylic acids is 1. The Hall–Kier alpha value is -2.41. The standard InChI is InChI=1S/C12H15N3O4/c1-8(16)14-10-4-2-9(3-5-10)12(19)15-13-7-6-11(17)18/h2-5,13H,6-7H2,1H3,(H,14,16)(H,15,19)(H,17,18). The number of hydrogen-bond donors (Lipinski definition) is 4. The molecule has 0 aliphatic carbocycles. The van der Waals surface area contributed by atoms with E-state index < -0.39 is 5.97 Å². The molecule has 0 unspecified atom stereocenters. The second-order valence-corrected chi connectivity index (χ2v) is 3.78. The summed E-state index contributed by atoms with van der Waals surface area (Å²) >= 11 is 0. The molecule has 0 heterocycles. The number of carboxylic acid groups (broad SMARTS) is 1. The van der Waals surface area contributed by atoms with Crippen molar-refractivity contribution in [3.63, 3.8) is 0 Å². The number of carbonyl (C=O) groups excluding carboxylic acids is 2. The Bertz CT molecular complexity index is 470. The molecule has 0 aliphatic rings. The third kappa shape index (κ3) is 5.64. The Morgan fingerprint density at radius 1 is 1.16 bits per heavy atom. The summed E-state index contributed by atoms with van der Waals surface area (Å²) in [6, 6.07) is 6.32. The molecule has 19 heavy (non-hydrogen) atoms. The maximum Gasteiger partial charge on any atom is 0.304 e. The molecule has 7 heteroatoms. The lowest BCUT2D eigenvalue weighted by atomic mass is 10.2. The van der Waals surface area contributed by atoms with Gasteiger partial charge in [0.15, 0.2) is 0 Å². The minimum Gasteiger partial charge on any atom is -0.481 e. The number of nitrogens with one attached hydrogen (secondary N) is 3. The summed E-state index contributed by atoms with van der Waals surface area (Å²) in [5.74, 6) is -1.51. The maximum atomic E-state index is 11.6. The molecule has 0 aliphatic heterocycles. The molecule has 1 aromatic carbocycles. The van der Waals surface area contributed by atoms with Crippen LogP contribution in [0.1, 0.15) is 23.7 Å². The number of rotatable bonds is 6. The van der Waals surface area contributed by atoms with Crippen LogP contribution in [0.5, 0.6) is 0 Å². The highest BCUT2D eigenvalue weighted by molar-refractivity contribution is 5.95. The summed E-state index contributed by atoms with van der Waals surface area (Å²) in [6.45, 7) is 1.54. The van der Waals surface area contributed by atoms with Crippen molar-refractivity contribution < 1.29 is 19.5 Å². The molecule has 0 fully saturated rings. The van der Waals surface area contributed by atoms with Crippen molar-refractivity contribution in [2.24, 2.45) is 0 Å². The first-order chi connectivity index (χ1) is 8.99. The minimum atomic E-state index is -0.943. The highest BCUT2D eigenvalue weighted by Gasteiger charge is 2.05. The van der Waals surface area contributed by atoms with E-state index in [0.29, 0.717) is 11.3 Å². The Labute approximate surface area is 110 Å². The van der Waals surface area contributed by atoms with E-state index >= 15 is 0 Å². The lowest BCUT2D eigenvalue weighted by Gasteiger charge is -2.07. The van der Waals surface area contributed by atoms with Gasteiger partial charge in [0.25, 0.3) is 5.91 Å². The van der Waals surface area contributed by atoms with Gasteiger partial charge in [-0.25, -0.2) is 5.43 Å². The second kappa shape index (κ2) is 7.12. The Balaban J connectivity index is 2.44. The van der Waals surface area contributed by atoms with Gasteiger partial charge in [0.2, 0.25) is 5.91 Å². The van der Waals surface area contributed by atoms with Gasteiger partial charge in [0, 0.05) is 24.7 Å². The molecule has 0 radical (unpaired) electrons. The average Bonchev–Trinajstić information content (AvgIpc) is 2.34. The van der Waals surface area contributed by atoms with Crippen molar-refractivity contribution in [3.8, 4) is 0 Å². The number of benzene rings is 1. The van der Waals surface area contributed by atoms with Crippen LogP contribution < -0.4 is 16.2 Å². The lowest BCUT2D eigenvalue weighted by molar-refractivity contribution is -0.136. The molecule has 0 saturated carbocycles. The predicted octanol–water partition coefficient (Wildman–Crippen LogP) is 0.354. The predicted molar refractivity (Wildman–Crippen MR) is 68.5 cm³/mol. The third-order valence-electron chi connectivity index (χ3n) is 2.13. The quantitative estimate of drug-likeness (QED) is 0.438. The number of carbonyl (C=O) groups is 3. The third-order valence-corrected chi connectivity index (χ3v) is 2.13. The SMILES string of the molecule is CC(=O)Nc1ccc(C(=O)NNCCC(=O)O)cc1. The van der Waals surface area contributed by atoms with Gasteiger partial charge in [0.05, 0.1) is 6.42 Å². The van der Waals surface area contributed by atoms with Gasteiger partial charge in [-0.1, -0.05) is 0 Å². The molecule has 0 atom stereocenters. The fourth-order valence-electron chi connectivity index (χ4n) is 1.29. The Morgan fingerprint density at radius 3 is 2.32 bits per heavy atom. The van der Waals surface area contributed by atoms with E-state index in [1.165, 1.54) is 6.92 Å². The molecule has 0 aromatic heterocycles. The Morgan fingerprint density at radius 2 is 1.79 bits per heavy atom. The molecule has 0 bridgehead atoms. The monoisotopic (exact) mass is 265 g/mol. The van der Waals surface area contributed by atoms with E-state index in [1.807, 2.05) is 0 Å². The molecule has 102 valence electrons. The van der Waals surface area contributed by atoms with Gasteiger partial charge in [-0.05, 0) is 24.3 Å². The van der Waals surface area contributed by atoms with Crippen LogP contribution in [0.3, 0.4) is 0 Å². The van der Waals surface area contributed by atoms with Crippen LogP contribution >= 0.6 is 0 Å². The van der Waals surface area contributed by atoms with Crippen LogP contribution in [-0.2, 0) is 9.59 Å². The molecule has 0 spiro atoms. The Kier molecular flexibility index (Phi) is 5.49. The van der Waals surface area contributed by atoms with Crippen LogP contribution in [0.25, 0.3) is 0 Å². The number of carboxylic acids is 1. The molecule has 4 N–H and O–H groups in total. The topological polar surface area (TPSA) is 108 Å². The summed E-state index contributed by atoms with van der Waals surface area (Å²) in [7, 11) is 0. The number of hydrazine groups is 1. The first kappa shape index (κ1) is 14.7. The zero-order valence-electron chi connectivity index (χ0n) is 10.4. The van der Waals surface area contributed by atoms with Crippen LogP contribution in [0.15, 0.2) is 24.3 Å². The molecular formula is C12H15N3O4. The van der Waals surface area contributed by atoms with Gasteiger partial charge in [0.1, 0.15) is 0 Å². The van der Waals surface area contributed by atoms with E-state index in [1.54, 1.807) is 24.3 Å². The van der Waals surface area contributed by atoms with Gasteiger partial charge in [-0.3, -0.25) is 19.8 Å². The van der Waals surface area contributed by atoms with Crippen molar-refractivity contribution in [2.45, 2.75) is 13.3 Å². The van der Waals surface area contributed by atoms with E-state index in [4.69, 9.17) is 5.11 Å². The zero-order valence-corrected chi connectivity index (χ0v) is 10.4. The molecule has 1 rings (SSSR count). The fourth-order valence-corrected chi connectivity index (χ4v) is 1.29. The molecule has 2 amide bonds. The molecule has 0 saturated heterocycles. The van der Waals surface area contributed by atoms with E-state index in [-0.39, 0.29) is 24.8 Å². The number of hydrogen-bond acceptors (Lipinski definition) is 4. The smallest absolute Gasteiger partial charge is 0.304 e. The lowest BCUT2D eigenvalue weighted by Crippen LogP contribution is -2.38. The number of anilines is 1. The van der Waals surface area contributed by atoms with Crippen molar-refractivity contribution >= 4 is 23.5 Å². The fraction of sp³-hybridized carbons (Fsp3) is 0.250. The first-order valence-corrected chi connectivity index (χ1v) is 5.61. The first-order valence-electron chi connectivity index (χ1n) is 5.61. The van der Waals surface area contributed by atoms with Crippen LogP contribution in [0, 0.1) is 0 Å². The molecule has 7 nitrogen and oxygen atoms in total. The van der Waals surface area contributed by atoms with E-state index in [2.05, 4.69) is 16.2 Å². The van der Waals surface area contributed by atoms with Gasteiger partial charge >= 0.3 is 5.97 Å². The van der Waals surface area contributed by atoms with Crippen LogP contribution in [0.2, 0.25) is 0 Å². The minimum absolute atomic E-state index is 0.0816. The van der Waals surface area contributed by atoms with Crippen molar-refractivity contribution in [3.05, 3.63) is 29.8 Å². The van der Waals surface area contributed by atoms with E-state index in [0.717, 1.165) is 0 Å². The molecular weight excluding hydrogens is 250 g/mol. The summed E-state index contributed by atoms with van der Waals surface area (Å²) < 4.78 is 0. The molecule has 1 aromatic rings. The summed E-state index contributed by atoms with van der Waals surface area (Å²) in [4.78, 5) is 32.7. The van der Waals surface area contributed by atoms with Crippen molar-refractivity contribution in [1.82, 2.24) is 10.9 Å². The largest absolute Gasteiger partial charge is 0.481 e. The van der Waals surface area contributed by atoms with Gasteiger partial charge in [-0.15, -0.1) is 0 Å². The van der Waals surface area contributed by atoms with Crippen LogP contribution in [-0.4, -0.2) is 29.4 Å². The van der Waals surface area contributed by atoms with Crippen molar-refractivity contribution in [1.29, 1.82) is 0 Å². The maximum absolute atomic E-state index is 11.6. The highest BCUT2D eigenvalue weighted by Crippen LogP contribution is 2.09. The van der Waals surface area contributed by atoms with E-state index in [9.17, 15) is 14.4 Å². The highest BCUT2D eigenvalue weighted by atomic mass is 16.4. The summed E-state index contributed by atoms with van der Waals surface area (Å²) in [6.07, 6.45) is -0.0816. The summed E-state index contributed by atoms with van der Waals surface area (Å²) in [5, 5.41) is 11.0. The normalized spacial score (nSPS) is 9.74.